The number of rotatable bonds is 5. The van der Waals surface area contributed by atoms with Gasteiger partial charge in [0.15, 0.2) is 0 Å². The van der Waals surface area contributed by atoms with Crippen molar-refractivity contribution in [2.75, 3.05) is 0 Å². The van der Waals surface area contributed by atoms with Crippen molar-refractivity contribution in [3.8, 4) is 0 Å². The van der Waals surface area contributed by atoms with E-state index in [9.17, 15) is 9.59 Å². The lowest BCUT2D eigenvalue weighted by atomic mass is 9.96. The summed E-state index contributed by atoms with van der Waals surface area (Å²) < 4.78 is 4.85. The number of carbonyl (C=O) groups is 2. The molecule has 0 spiro atoms. The van der Waals surface area contributed by atoms with Gasteiger partial charge < -0.3 is 9.84 Å². The largest absolute Gasteiger partial charge is 0.481 e. The minimum absolute atomic E-state index is 0.222. The van der Waals surface area contributed by atoms with Crippen LogP contribution in [0.3, 0.4) is 0 Å². The lowest BCUT2D eigenvalue weighted by Gasteiger charge is -2.10. The molecule has 0 amide bonds. The van der Waals surface area contributed by atoms with E-state index in [0.29, 0.717) is 6.42 Å². The van der Waals surface area contributed by atoms with Gasteiger partial charge in [0.25, 0.3) is 0 Å². The van der Waals surface area contributed by atoms with Crippen LogP contribution in [0.15, 0.2) is 24.3 Å². The van der Waals surface area contributed by atoms with E-state index in [-0.39, 0.29) is 12.6 Å². The maximum Gasteiger partial charge on any atom is 0.310 e. The summed E-state index contributed by atoms with van der Waals surface area (Å²) in [5.41, 5.74) is 1.62. The Morgan fingerprint density at radius 3 is 2.29 bits per heavy atom. The topological polar surface area (TPSA) is 63.6 Å². The van der Waals surface area contributed by atoms with Crippen LogP contribution in [0.1, 0.15) is 37.3 Å². The third-order valence-corrected chi connectivity index (χ3v) is 2.53. The second kappa shape index (κ2) is 6.03. The highest BCUT2D eigenvalue weighted by Gasteiger charge is 2.16. The smallest absolute Gasteiger partial charge is 0.310 e. The van der Waals surface area contributed by atoms with Crippen molar-refractivity contribution in [1.82, 2.24) is 0 Å². The molecule has 0 heterocycles. The van der Waals surface area contributed by atoms with Crippen molar-refractivity contribution in [2.45, 2.75) is 32.8 Å². The summed E-state index contributed by atoms with van der Waals surface area (Å²) >= 11 is 0. The fourth-order valence-electron chi connectivity index (χ4n) is 1.58. The first-order valence-corrected chi connectivity index (χ1v) is 5.49. The van der Waals surface area contributed by atoms with Crippen LogP contribution in [0, 0.1) is 0 Å². The first-order chi connectivity index (χ1) is 8.04. The average Bonchev–Trinajstić information content (AvgIpc) is 2.28. The lowest BCUT2D eigenvalue weighted by Crippen LogP contribution is -2.10. The van der Waals surface area contributed by atoms with Crippen LogP contribution in [0.4, 0.5) is 0 Å². The molecule has 1 N–H and O–H groups in total. The van der Waals surface area contributed by atoms with Gasteiger partial charge in [-0.05, 0) is 17.5 Å². The number of carbonyl (C=O) groups excluding carboxylic acids is 1. The van der Waals surface area contributed by atoms with E-state index in [1.165, 1.54) is 6.92 Å². The highest BCUT2D eigenvalue weighted by Crippen LogP contribution is 2.20. The highest BCUT2D eigenvalue weighted by atomic mass is 16.5. The first-order valence-electron chi connectivity index (χ1n) is 5.49. The van der Waals surface area contributed by atoms with Crippen molar-refractivity contribution in [3.05, 3.63) is 35.4 Å². The molecular formula is C13H16O4. The number of carboxylic acids is 1. The molecule has 1 atom stereocenters. The van der Waals surface area contributed by atoms with Gasteiger partial charge in [-0.1, -0.05) is 31.2 Å². The molecule has 0 aliphatic carbocycles. The van der Waals surface area contributed by atoms with Crippen LogP contribution in [0.25, 0.3) is 0 Å². The SMILES string of the molecule is CC[C@H](C(=O)O)c1ccc(COC(C)=O)cc1. The van der Waals surface area contributed by atoms with Gasteiger partial charge in [-0.2, -0.15) is 0 Å². The summed E-state index contributed by atoms with van der Waals surface area (Å²) in [5.74, 6) is -1.62. The fourth-order valence-corrected chi connectivity index (χ4v) is 1.58. The average molecular weight is 236 g/mol. The van der Waals surface area contributed by atoms with Crippen LogP contribution in [0.5, 0.6) is 0 Å². The summed E-state index contributed by atoms with van der Waals surface area (Å²) in [6.07, 6.45) is 0.554. The number of hydrogen-bond donors (Lipinski definition) is 1. The molecule has 0 unspecified atom stereocenters. The van der Waals surface area contributed by atoms with Crippen LogP contribution >= 0.6 is 0 Å². The maximum atomic E-state index is 11.0. The first kappa shape index (κ1) is 13.2. The van der Waals surface area contributed by atoms with Crippen molar-refractivity contribution in [1.29, 1.82) is 0 Å². The monoisotopic (exact) mass is 236 g/mol. The standard InChI is InChI=1S/C13H16O4/c1-3-12(13(15)16)11-6-4-10(5-7-11)8-17-9(2)14/h4-7,12H,3,8H2,1-2H3,(H,15,16)/t12-/m0/s1. The summed E-state index contributed by atoms with van der Waals surface area (Å²) in [4.78, 5) is 21.6. The molecule has 17 heavy (non-hydrogen) atoms. The summed E-state index contributed by atoms with van der Waals surface area (Å²) in [6.45, 7) is 3.41. The van der Waals surface area contributed by atoms with E-state index in [2.05, 4.69) is 0 Å². The van der Waals surface area contributed by atoms with E-state index in [4.69, 9.17) is 9.84 Å². The molecule has 0 bridgehead atoms. The molecule has 0 radical (unpaired) electrons. The van der Waals surface area contributed by atoms with E-state index in [0.717, 1.165) is 11.1 Å². The molecule has 0 saturated heterocycles. The fraction of sp³-hybridized carbons (Fsp3) is 0.385. The molecule has 4 heteroatoms. The predicted octanol–water partition coefficient (Wildman–Crippen LogP) is 2.33. The van der Waals surface area contributed by atoms with Gasteiger partial charge >= 0.3 is 11.9 Å². The Labute approximate surface area is 100 Å². The number of esters is 1. The van der Waals surface area contributed by atoms with E-state index < -0.39 is 11.9 Å². The molecule has 4 nitrogen and oxygen atoms in total. The van der Waals surface area contributed by atoms with Gasteiger partial charge in [0.1, 0.15) is 6.61 Å². The van der Waals surface area contributed by atoms with Crippen LogP contribution in [-0.4, -0.2) is 17.0 Å². The second-order valence-electron chi connectivity index (χ2n) is 3.82. The molecule has 0 saturated carbocycles. The second-order valence-corrected chi connectivity index (χ2v) is 3.82. The normalized spacial score (nSPS) is 11.9. The van der Waals surface area contributed by atoms with Crippen molar-refractivity contribution in [2.24, 2.45) is 0 Å². The number of hydrogen-bond acceptors (Lipinski definition) is 3. The molecule has 0 aliphatic rings. The van der Waals surface area contributed by atoms with Crippen LogP contribution in [0.2, 0.25) is 0 Å². The minimum Gasteiger partial charge on any atom is -0.481 e. The van der Waals surface area contributed by atoms with Gasteiger partial charge in [0.05, 0.1) is 5.92 Å². The zero-order valence-electron chi connectivity index (χ0n) is 9.97. The van der Waals surface area contributed by atoms with Gasteiger partial charge in [0, 0.05) is 6.92 Å². The predicted molar refractivity (Wildman–Crippen MR) is 62.6 cm³/mol. The Kier molecular flexibility index (Phi) is 4.69. The van der Waals surface area contributed by atoms with Gasteiger partial charge in [-0.15, -0.1) is 0 Å². The zero-order valence-corrected chi connectivity index (χ0v) is 9.97. The van der Waals surface area contributed by atoms with Gasteiger partial charge in [0.2, 0.25) is 0 Å². The lowest BCUT2D eigenvalue weighted by molar-refractivity contribution is -0.142. The summed E-state index contributed by atoms with van der Waals surface area (Å²) in [6, 6.07) is 7.09. The third-order valence-electron chi connectivity index (χ3n) is 2.53. The molecule has 1 aromatic rings. The number of aliphatic carboxylic acids is 1. The third kappa shape index (κ3) is 3.90. The Morgan fingerprint density at radius 2 is 1.88 bits per heavy atom. The van der Waals surface area contributed by atoms with E-state index in [1.807, 2.05) is 6.92 Å². The molecule has 92 valence electrons. The van der Waals surface area contributed by atoms with Crippen molar-refractivity contribution < 1.29 is 19.4 Å². The molecule has 1 aromatic carbocycles. The van der Waals surface area contributed by atoms with Crippen LogP contribution in [-0.2, 0) is 20.9 Å². The maximum absolute atomic E-state index is 11.0. The number of carboxylic acid groups (broad SMARTS) is 1. The van der Waals surface area contributed by atoms with E-state index in [1.54, 1.807) is 24.3 Å². The Hall–Kier alpha value is -1.84. The van der Waals surface area contributed by atoms with Crippen molar-refractivity contribution in [3.63, 3.8) is 0 Å². The van der Waals surface area contributed by atoms with Gasteiger partial charge in [-0.25, -0.2) is 0 Å². The molecule has 0 fully saturated rings. The van der Waals surface area contributed by atoms with Crippen LogP contribution < -0.4 is 0 Å². The number of benzene rings is 1. The summed E-state index contributed by atoms with van der Waals surface area (Å²) in [5, 5.41) is 9.00. The Morgan fingerprint density at radius 1 is 1.29 bits per heavy atom. The van der Waals surface area contributed by atoms with Gasteiger partial charge in [-0.3, -0.25) is 9.59 Å². The zero-order chi connectivity index (χ0) is 12.8. The Bertz CT molecular complexity index is 394. The number of ether oxygens (including phenoxy) is 1. The minimum atomic E-state index is -0.819. The summed E-state index contributed by atoms with van der Waals surface area (Å²) in [7, 11) is 0. The molecule has 1 rings (SSSR count). The quantitative estimate of drug-likeness (QED) is 0.797. The molecule has 0 aliphatic heterocycles. The molecule has 0 aromatic heterocycles. The van der Waals surface area contributed by atoms with E-state index >= 15 is 0 Å². The Balaban J connectivity index is 2.73. The molecular weight excluding hydrogens is 220 g/mol. The van der Waals surface area contributed by atoms with Crippen molar-refractivity contribution >= 4 is 11.9 Å². The highest BCUT2D eigenvalue weighted by molar-refractivity contribution is 5.76.